The number of piperidine rings is 1. The van der Waals surface area contributed by atoms with Crippen molar-refractivity contribution >= 4 is 0 Å². The second-order valence-corrected chi connectivity index (χ2v) is 4.17. The molecule has 1 saturated heterocycles. The fourth-order valence-corrected chi connectivity index (χ4v) is 2.28. The average molecular weight is 210 g/mol. The molecule has 2 rings (SSSR count). The van der Waals surface area contributed by atoms with Gasteiger partial charge in [0.05, 0.1) is 6.20 Å². The predicted molar refractivity (Wildman–Crippen MR) is 56.3 cm³/mol. The zero-order valence-corrected chi connectivity index (χ0v) is 8.93. The van der Waals surface area contributed by atoms with E-state index in [9.17, 15) is 0 Å². The summed E-state index contributed by atoms with van der Waals surface area (Å²) in [5.74, 6) is 0. The van der Waals surface area contributed by atoms with E-state index in [-0.39, 0.29) is 6.61 Å². The standard InChI is InChI=1S/C11H18N2O2/c14-6-4-11-3-1-2-5-13(11)8-10-7-12-15-9-10/h7,9,11,14H,1-6,8H2. The summed E-state index contributed by atoms with van der Waals surface area (Å²) >= 11 is 0. The second-order valence-electron chi connectivity index (χ2n) is 4.17. The second kappa shape index (κ2) is 5.28. The van der Waals surface area contributed by atoms with Crippen LogP contribution in [-0.2, 0) is 6.54 Å². The fraction of sp³-hybridized carbons (Fsp3) is 0.727. The van der Waals surface area contributed by atoms with Crippen LogP contribution in [0.2, 0.25) is 0 Å². The quantitative estimate of drug-likeness (QED) is 0.816. The van der Waals surface area contributed by atoms with Crippen LogP contribution in [0.15, 0.2) is 17.0 Å². The third kappa shape index (κ3) is 2.79. The smallest absolute Gasteiger partial charge is 0.128 e. The molecule has 0 aliphatic carbocycles. The number of aromatic nitrogens is 1. The molecule has 0 amide bonds. The lowest BCUT2D eigenvalue weighted by Crippen LogP contribution is -2.39. The summed E-state index contributed by atoms with van der Waals surface area (Å²) in [6.07, 6.45) is 8.09. The molecule has 0 saturated carbocycles. The summed E-state index contributed by atoms with van der Waals surface area (Å²) in [6, 6.07) is 0.527. The van der Waals surface area contributed by atoms with Crippen molar-refractivity contribution in [2.24, 2.45) is 0 Å². The summed E-state index contributed by atoms with van der Waals surface area (Å²) in [7, 11) is 0. The van der Waals surface area contributed by atoms with E-state index in [1.807, 2.05) is 0 Å². The molecule has 4 nitrogen and oxygen atoms in total. The van der Waals surface area contributed by atoms with Gasteiger partial charge in [-0.05, 0) is 25.8 Å². The molecule has 1 aromatic heterocycles. The minimum absolute atomic E-state index is 0.283. The predicted octanol–water partition coefficient (Wildman–Crippen LogP) is 1.41. The lowest BCUT2D eigenvalue weighted by Gasteiger charge is -2.35. The van der Waals surface area contributed by atoms with Crippen molar-refractivity contribution in [3.05, 3.63) is 18.0 Å². The van der Waals surface area contributed by atoms with Gasteiger partial charge in [-0.25, -0.2) is 0 Å². The molecule has 0 bridgehead atoms. The minimum Gasteiger partial charge on any atom is -0.396 e. The van der Waals surface area contributed by atoms with Crippen LogP contribution in [0.4, 0.5) is 0 Å². The number of aliphatic hydroxyl groups is 1. The van der Waals surface area contributed by atoms with Crippen LogP contribution in [0, 0.1) is 0 Å². The lowest BCUT2D eigenvalue weighted by atomic mass is 9.99. The van der Waals surface area contributed by atoms with E-state index < -0.39 is 0 Å². The van der Waals surface area contributed by atoms with E-state index in [1.165, 1.54) is 19.3 Å². The Morgan fingerprint density at radius 1 is 1.53 bits per heavy atom. The van der Waals surface area contributed by atoms with Crippen molar-refractivity contribution in [1.82, 2.24) is 10.1 Å². The molecular weight excluding hydrogens is 192 g/mol. The van der Waals surface area contributed by atoms with Crippen LogP contribution in [0.5, 0.6) is 0 Å². The Bertz CT molecular complexity index is 272. The maximum absolute atomic E-state index is 9.00. The van der Waals surface area contributed by atoms with Gasteiger partial charge in [0.1, 0.15) is 6.26 Å². The first-order valence-corrected chi connectivity index (χ1v) is 5.63. The van der Waals surface area contributed by atoms with Crippen LogP contribution < -0.4 is 0 Å². The van der Waals surface area contributed by atoms with Gasteiger partial charge < -0.3 is 9.63 Å². The molecule has 1 atom stereocenters. The molecule has 1 aliphatic rings. The number of nitrogens with zero attached hydrogens (tertiary/aromatic N) is 2. The van der Waals surface area contributed by atoms with Gasteiger partial charge in [-0.1, -0.05) is 11.6 Å². The Balaban J connectivity index is 1.92. The monoisotopic (exact) mass is 210 g/mol. The highest BCUT2D eigenvalue weighted by molar-refractivity contribution is 5.00. The maximum Gasteiger partial charge on any atom is 0.128 e. The van der Waals surface area contributed by atoms with Gasteiger partial charge in [0.25, 0.3) is 0 Å². The van der Waals surface area contributed by atoms with Crippen LogP contribution in [0.25, 0.3) is 0 Å². The lowest BCUT2D eigenvalue weighted by molar-refractivity contribution is 0.112. The molecule has 2 heterocycles. The third-order valence-electron chi connectivity index (χ3n) is 3.08. The average Bonchev–Trinajstić information content (AvgIpc) is 2.74. The first kappa shape index (κ1) is 10.6. The molecule has 1 fully saturated rings. The van der Waals surface area contributed by atoms with Gasteiger partial charge in [0, 0.05) is 24.8 Å². The molecule has 1 aliphatic heterocycles. The molecule has 4 heteroatoms. The van der Waals surface area contributed by atoms with Crippen molar-refractivity contribution in [2.45, 2.75) is 38.3 Å². The number of likely N-dealkylation sites (tertiary alicyclic amines) is 1. The minimum atomic E-state index is 0.283. The van der Waals surface area contributed by atoms with Gasteiger partial charge >= 0.3 is 0 Å². The van der Waals surface area contributed by atoms with E-state index in [2.05, 4.69) is 10.1 Å². The maximum atomic E-state index is 9.00. The summed E-state index contributed by atoms with van der Waals surface area (Å²) in [5.41, 5.74) is 1.12. The largest absolute Gasteiger partial charge is 0.396 e. The van der Waals surface area contributed by atoms with Crippen molar-refractivity contribution in [1.29, 1.82) is 0 Å². The van der Waals surface area contributed by atoms with Crippen molar-refractivity contribution in [2.75, 3.05) is 13.2 Å². The topological polar surface area (TPSA) is 49.5 Å². The number of hydrogen-bond acceptors (Lipinski definition) is 4. The number of hydrogen-bond donors (Lipinski definition) is 1. The van der Waals surface area contributed by atoms with E-state index in [0.29, 0.717) is 6.04 Å². The fourth-order valence-electron chi connectivity index (χ4n) is 2.28. The highest BCUT2D eigenvalue weighted by Crippen LogP contribution is 2.21. The number of aliphatic hydroxyl groups excluding tert-OH is 1. The summed E-state index contributed by atoms with van der Waals surface area (Å²) in [6.45, 7) is 2.30. The van der Waals surface area contributed by atoms with Crippen LogP contribution in [0.1, 0.15) is 31.2 Å². The Morgan fingerprint density at radius 3 is 3.20 bits per heavy atom. The van der Waals surface area contributed by atoms with Crippen molar-refractivity contribution in [3.63, 3.8) is 0 Å². The first-order valence-electron chi connectivity index (χ1n) is 5.63. The Morgan fingerprint density at radius 2 is 2.47 bits per heavy atom. The molecule has 0 spiro atoms. The number of rotatable bonds is 4. The summed E-state index contributed by atoms with van der Waals surface area (Å²) in [4.78, 5) is 2.42. The highest BCUT2D eigenvalue weighted by atomic mass is 16.5. The Hall–Kier alpha value is -0.870. The van der Waals surface area contributed by atoms with Crippen molar-refractivity contribution in [3.8, 4) is 0 Å². The Kier molecular flexibility index (Phi) is 3.75. The molecule has 1 unspecified atom stereocenters. The molecule has 15 heavy (non-hydrogen) atoms. The molecule has 84 valence electrons. The molecule has 1 aromatic rings. The van der Waals surface area contributed by atoms with E-state index in [4.69, 9.17) is 9.63 Å². The van der Waals surface area contributed by atoms with E-state index in [0.717, 1.165) is 25.1 Å². The zero-order chi connectivity index (χ0) is 10.5. The van der Waals surface area contributed by atoms with Crippen molar-refractivity contribution < 1.29 is 9.63 Å². The zero-order valence-electron chi connectivity index (χ0n) is 8.93. The van der Waals surface area contributed by atoms with Gasteiger partial charge in [0.15, 0.2) is 0 Å². The molecule has 1 N–H and O–H groups in total. The van der Waals surface area contributed by atoms with Gasteiger partial charge in [-0.3, -0.25) is 4.90 Å². The van der Waals surface area contributed by atoms with Gasteiger partial charge in [-0.15, -0.1) is 0 Å². The van der Waals surface area contributed by atoms with E-state index >= 15 is 0 Å². The Labute approximate surface area is 89.9 Å². The molecule has 0 radical (unpaired) electrons. The molecule has 0 aromatic carbocycles. The van der Waals surface area contributed by atoms with Crippen LogP contribution in [-0.4, -0.2) is 34.4 Å². The summed E-state index contributed by atoms with van der Waals surface area (Å²) < 4.78 is 4.83. The SMILES string of the molecule is OCCC1CCCCN1Cc1cnoc1. The van der Waals surface area contributed by atoms with E-state index in [1.54, 1.807) is 12.5 Å². The molecular formula is C11H18N2O2. The van der Waals surface area contributed by atoms with Crippen LogP contribution in [0.3, 0.4) is 0 Å². The highest BCUT2D eigenvalue weighted by Gasteiger charge is 2.22. The van der Waals surface area contributed by atoms with Crippen LogP contribution >= 0.6 is 0 Å². The normalized spacial score (nSPS) is 23.1. The van der Waals surface area contributed by atoms with Gasteiger partial charge in [-0.2, -0.15) is 0 Å². The van der Waals surface area contributed by atoms with Gasteiger partial charge in [0.2, 0.25) is 0 Å². The summed E-state index contributed by atoms with van der Waals surface area (Å²) in [5, 5.41) is 12.7. The third-order valence-corrected chi connectivity index (χ3v) is 3.08. The first-order chi connectivity index (χ1) is 7.40.